The van der Waals surface area contributed by atoms with E-state index in [-0.39, 0.29) is 65.0 Å². The van der Waals surface area contributed by atoms with Gasteiger partial charge in [-0.1, -0.05) is 20.8 Å². The zero-order valence-electron chi connectivity index (χ0n) is 25.4. The van der Waals surface area contributed by atoms with Crippen LogP contribution in [0.1, 0.15) is 78.4 Å². The van der Waals surface area contributed by atoms with Crippen LogP contribution in [-0.4, -0.2) is 74.9 Å². The average Bonchev–Trinajstić information content (AvgIpc) is 3.20. The molecule has 1 unspecified atom stereocenters. The maximum Gasteiger partial charge on any atom is 0.309 e. The summed E-state index contributed by atoms with van der Waals surface area (Å²) in [6, 6.07) is 7.16. The molecule has 11 heteroatoms. The van der Waals surface area contributed by atoms with E-state index in [0.717, 1.165) is 16.8 Å². The van der Waals surface area contributed by atoms with Crippen LogP contribution in [0.2, 0.25) is 0 Å². The molecule has 42 heavy (non-hydrogen) atoms. The molecule has 228 valence electrons. The Hall–Kier alpha value is -3.60. The third kappa shape index (κ3) is 6.72. The first kappa shape index (κ1) is 32.9. The van der Waals surface area contributed by atoms with Gasteiger partial charge in [0.25, 0.3) is 5.91 Å². The summed E-state index contributed by atoms with van der Waals surface area (Å²) in [7, 11) is 3.47. The number of amidine groups is 1. The second kappa shape index (κ2) is 13.1. The molecule has 10 nitrogen and oxygen atoms in total. The molecule has 0 fully saturated rings. The molecule has 2 aliphatic rings. The smallest absolute Gasteiger partial charge is 0.309 e. The Balaban J connectivity index is 0.00000484. The number of fused-ring (bicyclic) bond motifs is 2. The van der Waals surface area contributed by atoms with Crippen molar-refractivity contribution >= 4 is 46.2 Å². The van der Waals surface area contributed by atoms with Gasteiger partial charge >= 0.3 is 5.97 Å². The predicted molar refractivity (Wildman–Crippen MR) is 167 cm³/mol. The fourth-order valence-corrected chi connectivity index (χ4v) is 5.27. The molecule has 1 atom stereocenters. The monoisotopic (exact) mass is 644 g/mol. The normalized spacial score (nSPS) is 15.7. The molecule has 2 aromatic carbocycles. The second-order valence-electron chi connectivity index (χ2n) is 11.4. The molecule has 0 aliphatic carbocycles. The summed E-state index contributed by atoms with van der Waals surface area (Å²) in [5, 5.41) is 11.4. The molecule has 0 bridgehead atoms. The predicted octanol–water partition coefficient (Wildman–Crippen LogP) is 4.49. The summed E-state index contributed by atoms with van der Waals surface area (Å²) in [6.07, 6.45) is -0.217. The summed E-state index contributed by atoms with van der Waals surface area (Å²) in [6.45, 7) is 11.4. The van der Waals surface area contributed by atoms with Gasteiger partial charge in [0.05, 0.1) is 44.0 Å². The highest BCUT2D eigenvalue weighted by molar-refractivity contribution is 8.93. The van der Waals surface area contributed by atoms with Crippen molar-refractivity contribution in [3.05, 3.63) is 52.1 Å². The number of halogens is 1. The molecule has 2 aromatic rings. The van der Waals surface area contributed by atoms with Gasteiger partial charge in [-0.15, -0.1) is 17.0 Å². The molecule has 2 heterocycles. The SMILES string of the molecule is Br.CCOC(=O)CC1CN(C)c2cc(C(=O)CN3Cc4cc(OCC)c(C(=O)NC)cc4C3=N)cc(C(C)(C)C)c2O1. The number of benzene rings is 2. The van der Waals surface area contributed by atoms with E-state index in [0.29, 0.717) is 54.5 Å². The highest BCUT2D eigenvalue weighted by Crippen LogP contribution is 2.43. The van der Waals surface area contributed by atoms with Gasteiger partial charge in [-0.25, -0.2) is 0 Å². The summed E-state index contributed by atoms with van der Waals surface area (Å²) >= 11 is 0. The van der Waals surface area contributed by atoms with Crippen molar-refractivity contribution in [2.24, 2.45) is 0 Å². The van der Waals surface area contributed by atoms with Crippen LogP contribution in [0.4, 0.5) is 5.69 Å². The number of likely N-dealkylation sites (N-methyl/N-ethyl adjacent to an activating group) is 1. The maximum atomic E-state index is 13.7. The van der Waals surface area contributed by atoms with Gasteiger partial charge in [-0.05, 0) is 49.1 Å². The van der Waals surface area contributed by atoms with Crippen LogP contribution in [0.15, 0.2) is 24.3 Å². The largest absolute Gasteiger partial charge is 0.493 e. The lowest BCUT2D eigenvalue weighted by Gasteiger charge is -2.37. The van der Waals surface area contributed by atoms with E-state index in [9.17, 15) is 14.4 Å². The van der Waals surface area contributed by atoms with E-state index in [1.54, 1.807) is 31.0 Å². The highest BCUT2D eigenvalue weighted by atomic mass is 79.9. The Morgan fingerprint density at radius 3 is 2.45 bits per heavy atom. The van der Waals surface area contributed by atoms with Gasteiger partial charge < -0.3 is 29.3 Å². The topological polar surface area (TPSA) is 121 Å². The second-order valence-corrected chi connectivity index (χ2v) is 11.4. The van der Waals surface area contributed by atoms with Crippen LogP contribution in [0.25, 0.3) is 0 Å². The average molecular weight is 646 g/mol. The lowest BCUT2D eigenvalue weighted by Crippen LogP contribution is -2.40. The van der Waals surface area contributed by atoms with Crippen molar-refractivity contribution in [2.75, 3.05) is 45.3 Å². The Morgan fingerprint density at radius 2 is 1.83 bits per heavy atom. The molecule has 1 amide bonds. The van der Waals surface area contributed by atoms with Gasteiger partial charge in [0.1, 0.15) is 23.4 Å². The van der Waals surface area contributed by atoms with Gasteiger partial charge in [0.2, 0.25) is 0 Å². The number of anilines is 1. The first-order chi connectivity index (χ1) is 19.4. The molecule has 0 radical (unpaired) electrons. The molecule has 0 saturated carbocycles. The summed E-state index contributed by atoms with van der Waals surface area (Å²) in [5.74, 6) is 0.595. The van der Waals surface area contributed by atoms with Crippen LogP contribution in [-0.2, 0) is 21.5 Å². The minimum atomic E-state index is -0.362. The number of rotatable bonds is 9. The number of ketones is 1. The molecule has 0 aromatic heterocycles. The maximum absolute atomic E-state index is 13.7. The third-order valence-corrected chi connectivity index (χ3v) is 7.32. The van der Waals surface area contributed by atoms with Crippen LogP contribution in [0.5, 0.6) is 11.5 Å². The number of hydrogen-bond acceptors (Lipinski definition) is 8. The van der Waals surface area contributed by atoms with E-state index in [2.05, 4.69) is 26.1 Å². The number of Topliss-reactive ketones (excluding diaryl/α,β-unsaturated/α-hetero) is 1. The lowest BCUT2D eigenvalue weighted by atomic mass is 9.83. The van der Waals surface area contributed by atoms with Gasteiger partial charge in [-0.2, -0.15) is 0 Å². The summed E-state index contributed by atoms with van der Waals surface area (Å²) in [4.78, 5) is 42.0. The van der Waals surface area contributed by atoms with Gasteiger partial charge in [0.15, 0.2) is 5.78 Å². The molecule has 0 saturated heterocycles. The number of esters is 1. The quantitative estimate of drug-likeness (QED) is 0.302. The van der Waals surface area contributed by atoms with E-state index in [1.807, 2.05) is 31.0 Å². The highest BCUT2D eigenvalue weighted by Gasteiger charge is 2.34. The lowest BCUT2D eigenvalue weighted by molar-refractivity contribution is -0.144. The van der Waals surface area contributed by atoms with Crippen LogP contribution >= 0.6 is 17.0 Å². The number of carbonyl (C=O) groups is 3. The zero-order valence-corrected chi connectivity index (χ0v) is 27.1. The fraction of sp³-hybridized carbons (Fsp3) is 0.484. The van der Waals surface area contributed by atoms with E-state index < -0.39 is 0 Å². The van der Waals surface area contributed by atoms with Crippen LogP contribution in [0, 0.1) is 5.41 Å². The fourth-order valence-electron chi connectivity index (χ4n) is 5.27. The summed E-state index contributed by atoms with van der Waals surface area (Å²) < 4.78 is 17.2. The number of nitrogens with zero attached hydrogens (tertiary/aromatic N) is 2. The molecular formula is C31H41BrN4O6. The van der Waals surface area contributed by atoms with Gasteiger partial charge in [0, 0.05) is 37.3 Å². The third-order valence-electron chi connectivity index (χ3n) is 7.32. The Kier molecular flexibility index (Phi) is 10.3. The van der Waals surface area contributed by atoms with E-state index in [4.69, 9.17) is 19.6 Å². The van der Waals surface area contributed by atoms with E-state index in [1.165, 1.54) is 0 Å². The minimum absolute atomic E-state index is 0. The van der Waals surface area contributed by atoms with Crippen molar-refractivity contribution < 1.29 is 28.6 Å². The number of nitrogens with one attached hydrogen (secondary N) is 2. The number of amides is 1. The molecule has 0 spiro atoms. The molecular weight excluding hydrogens is 604 g/mol. The van der Waals surface area contributed by atoms with Crippen molar-refractivity contribution in [3.63, 3.8) is 0 Å². The van der Waals surface area contributed by atoms with Crippen LogP contribution in [0.3, 0.4) is 0 Å². The van der Waals surface area contributed by atoms with E-state index >= 15 is 0 Å². The number of ether oxygens (including phenoxy) is 3. The zero-order chi connectivity index (χ0) is 30.1. The minimum Gasteiger partial charge on any atom is -0.493 e. The molecule has 2 N–H and O–H groups in total. The summed E-state index contributed by atoms with van der Waals surface area (Å²) in [5.41, 5.74) is 3.65. The van der Waals surface area contributed by atoms with Crippen molar-refractivity contribution in [1.82, 2.24) is 10.2 Å². The standard InChI is InChI=1S/C31H40N4O6.BrH/c1-8-39-26-12-19-15-35(29(32)21(19)14-22(26)30(38)33-6)17-25(36)18-10-23(31(3,4)5)28-24(11-18)34(7)16-20(41-28)13-27(37)40-9-2;/h10-12,14,20,32H,8-9,13,15-17H2,1-7H3,(H,33,38);1H. The molecule has 2 aliphatic heterocycles. The van der Waals surface area contributed by atoms with Crippen molar-refractivity contribution in [3.8, 4) is 11.5 Å². The first-order valence-electron chi connectivity index (χ1n) is 14.0. The van der Waals surface area contributed by atoms with Crippen molar-refractivity contribution in [1.29, 1.82) is 5.41 Å². The first-order valence-corrected chi connectivity index (χ1v) is 14.0. The number of hydrogen-bond donors (Lipinski definition) is 2. The van der Waals surface area contributed by atoms with Crippen LogP contribution < -0.4 is 19.7 Å². The Bertz CT molecular complexity index is 1390. The Morgan fingerprint density at radius 1 is 1.12 bits per heavy atom. The molecule has 4 rings (SSSR count). The van der Waals surface area contributed by atoms with Crippen molar-refractivity contribution in [2.45, 2.75) is 59.1 Å². The van der Waals surface area contributed by atoms with Gasteiger partial charge in [-0.3, -0.25) is 19.8 Å². The Labute approximate surface area is 258 Å². The number of carbonyl (C=O) groups excluding carboxylic acids is 3.